The molecule has 2 aromatic carbocycles. The lowest BCUT2D eigenvalue weighted by Crippen LogP contribution is -2.15. The van der Waals surface area contributed by atoms with E-state index < -0.39 is 0 Å². The van der Waals surface area contributed by atoms with Crippen LogP contribution in [0.2, 0.25) is 0 Å². The summed E-state index contributed by atoms with van der Waals surface area (Å²) < 4.78 is 1.90. The molecule has 0 spiro atoms. The third-order valence-electron chi connectivity index (χ3n) is 2.95. The van der Waals surface area contributed by atoms with Crippen molar-refractivity contribution in [1.29, 1.82) is 0 Å². The van der Waals surface area contributed by atoms with Crippen molar-refractivity contribution >= 4 is 43.5 Å². The van der Waals surface area contributed by atoms with Gasteiger partial charge in [-0.15, -0.1) is 0 Å². The molecule has 0 heterocycles. The van der Waals surface area contributed by atoms with Crippen LogP contribution in [0.1, 0.15) is 16.7 Å². The second-order valence-electron chi connectivity index (χ2n) is 4.79. The fourth-order valence-corrected chi connectivity index (χ4v) is 3.31. The third kappa shape index (κ3) is 3.93. The highest BCUT2D eigenvalue weighted by Crippen LogP contribution is 2.28. The summed E-state index contributed by atoms with van der Waals surface area (Å²) in [6.45, 7) is 4.03. The van der Waals surface area contributed by atoms with Crippen LogP contribution in [0.5, 0.6) is 0 Å². The van der Waals surface area contributed by atoms with E-state index in [2.05, 4.69) is 43.2 Å². The molecule has 4 heteroatoms. The Morgan fingerprint density at radius 3 is 2.55 bits per heavy atom. The SMILES string of the molecule is Cc1cc(C)c(NC(=O)Cc2cccc(Br)c2)c(Br)c1. The van der Waals surface area contributed by atoms with Gasteiger partial charge in [-0.2, -0.15) is 0 Å². The molecule has 0 aliphatic heterocycles. The highest BCUT2D eigenvalue weighted by Gasteiger charge is 2.10. The second-order valence-corrected chi connectivity index (χ2v) is 6.56. The lowest BCUT2D eigenvalue weighted by atomic mass is 10.1. The summed E-state index contributed by atoms with van der Waals surface area (Å²) >= 11 is 6.91. The Labute approximate surface area is 135 Å². The van der Waals surface area contributed by atoms with Gasteiger partial charge in [0, 0.05) is 8.95 Å². The van der Waals surface area contributed by atoms with Gasteiger partial charge < -0.3 is 5.32 Å². The summed E-state index contributed by atoms with van der Waals surface area (Å²) in [6, 6.07) is 11.8. The van der Waals surface area contributed by atoms with E-state index in [4.69, 9.17) is 0 Å². The third-order valence-corrected chi connectivity index (χ3v) is 4.07. The van der Waals surface area contributed by atoms with Gasteiger partial charge in [-0.3, -0.25) is 4.79 Å². The lowest BCUT2D eigenvalue weighted by Gasteiger charge is -2.12. The molecule has 0 saturated heterocycles. The summed E-state index contributed by atoms with van der Waals surface area (Å²) in [5, 5.41) is 2.97. The number of rotatable bonds is 3. The minimum absolute atomic E-state index is 0.0178. The van der Waals surface area contributed by atoms with Gasteiger partial charge in [0.15, 0.2) is 0 Å². The van der Waals surface area contributed by atoms with Crippen LogP contribution in [0.15, 0.2) is 45.3 Å². The Balaban J connectivity index is 2.13. The Hall–Kier alpha value is -1.13. The molecule has 0 aliphatic rings. The van der Waals surface area contributed by atoms with Crippen LogP contribution in [-0.4, -0.2) is 5.91 Å². The molecule has 1 N–H and O–H groups in total. The van der Waals surface area contributed by atoms with Gasteiger partial charge >= 0.3 is 0 Å². The van der Waals surface area contributed by atoms with Crippen LogP contribution in [0, 0.1) is 13.8 Å². The van der Waals surface area contributed by atoms with E-state index in [9.17, 15) is 4.79 Å². The van der Waals surface area contributed by atoms with Crippen molar-refractivity contribution in [3.8, 4) is 0 Å². The van der Waals surface area contributed by atoms with E-state index >= 15 is 0 Å². The molecule has 0 unspecified atom stereocenters. The van der Waals surface area contributed by atoms with Crippen molar-refractivity contribution in [2.24, 2.45) is 0 Å². The number of nitrogens with one attached hydrogen (secondary N) is 1. The molecule has 0 saturated carbocycles. The fourth-order valence-electron chi connectivity index (χ4n) is 2.09. The van der Waals surface area contributed by atoms with Crippen LogP contribution in [0.25, 0.3) is 0 Å². The van der Waals surface area contributed by atoms with Gasteiger partial charge in [-0.1, -0.05) is 34.1 Å². The highest BCUT2D eigenvalue weighted by molar-refractivity contribution is 9.10. The maximum absolute atomic E-state index is 12.1. The monoisotopic (exact) mass is 395 g/mol. The molecular weight excluding hydrogens is 382 g/mol. The Morgan fingerprint density at radius 2 is 1.90 bits per heavy atom. The average molecular weight is 397 g/mol. The molecule has 0 fully saturated rings. The molecule has 0 bridgehead atoms. The average Bonchev–Trinajstić information content (AvgIpc) is 2.33. The molecule has 20 heavy (non-hydrogen) atoms. The summed E-state index contributed by atoms with van der Waals surface area (Å²) in [4.78, 5) is 12.1. The number of amides is 1. The predicted octanol–water partition coefficient (Wildman–Crippen LogP) is 5.01. The summed E-state index contributed by atoms with van der Waals surface area (Å²) in [5.74, 6) is -0.0178. The number of carbonyl (C=O) groups excluding carboxylic acids is 1. The Kier molecular flexibility index (Phi) is 5.00. The summed E-state index contributed by atoms with van der Waals surface area (Å²) in [7, 11) is 0. The zero-order valence-corrected chi connectivity index (χ0v) is 14.5. The maximum Gasteiger partial charge on any atom is 0.228 e. The standard InChI is InChI=1S/C16H15Br2NO/c1-10-6-11(2)16(14(18)7-10)19-15(20)9-12-4-3-5-13(17)8-12/h3-8H,9H2,1-2H3,(H,19,20). The Bertz CT molecular complexity index is 630. The summed E-state index contributed by atoms with van der Waals surface area (Å²) in [5.41, 5.74) is 4.05. The van der Waals surface area contributed by atoms with Crippen molar-refractivity contribution in [1.82, 2.24) is 0 Å². The van der Waals surface area contributed by atoms with Crippen LogP contribution in [0.3, 0.4) is 0 Å². The normalized spacial score (nSPS) is 10.4. The van der Waals surface area contributed by atoms with E-state index in [1.54, 1.807) is 0 Å². The molecule has 0 atom stereocenters. The number of benzene rings is 2. The number of halogens is 2. The molecule has 0 radical (unpaired) electrons. The van der Waals surface area contributed by atoms with Gasteiger partial charge in [0.25, 0.3) is 0 Å². The van der Waals surface area contributed by atoms with Gasteiger partial charge in [0.1, 0.15) is 0 Å². The second kappa shape index (κ2) is 6.55. The van der Waals surface area contributed by atoms with Crippen molar-refractivity contribution in [2.45, 2.75) is 20.3 Å². The zero-order valence-electron chi connectivity index (χ0n) is 11.3. The van der Waals surface area contributed by atoms with Crippen LogP contribution in [-0.2, 0) is 11.2 Å². The molecule has 2 rings (SSSR count). The van der Waals surface area contributed by atoms with Crippen LogP contribution >= 0.6 is 31.9 Å². The van der Waals surface area contributed by atoms with E-state index in [1.807, 2.05) is 44.2 Å². The first kappa shape index (κ1) is 15.3. The topological polar surface area (TPSA) is 29.1 Å². The first-order chi connectivity index (χ1) is 9.45. The van der Waals surface area contributed by atoms with E-state index in [-0.39, 0.29) is 5.91 Å². The highest BCUT2D eigenvalue weighted by atomic mass is 79.9. The largest absolute Gasteiger partial charge is 0.325 e. The van der Waals surface area contributed by atoms with E-state index in [1.165, 1.54) is 5.56 Å². The molecule has 104 valence electrons. The summed E-state index contributed by atoms with van der Waals surface area (Å²) in [6.07, 6.45) is 0.360. The van der Waals surface area contributed by atoms with E-state index in [0.717, 1.165) is 25.8 Å². The van der Waals surface area contributed by atoms with Crippen molar-refractivity contribution in [3.63, 3.8) is 0 Å². The number of anilines is 1. The lowest BCUT2D eigenvalue weighted by molar-refractivity contribution is -0.115. The molecular formula is C16H15Br2NO. The number of hydrogen-bond acceptors (Lipinski definition) is 1. The predicted molar refractivity (Wildman–Crippen MR) is 90.1 cm³/mol. The number of hydrogen-bond donors (Lipinski definition) is 1. The maximum atomic E-state index is 12.1. The molecule has 0 aliphatic carbocycles. The van der Waals surface area contributed by atoms with Crippen molar-refractivity contribution < 1.29 is 4.79 Å². The molecule has 2 aromatic rings. The van der Waals surface area contributed by atoms with Crippen molar-refractivity contribution in [2.75, 3.05) is 5.32 Å². The van der Waals surface area contributed by atoms with Gasteiger partial charge in [-0.25, -0.2) is 0 Å². The number of aryl methyl sites for hydroxylation is 2. The molecule has 1 amide bonds. The van der Waals surface area contributed by atoms with Gasteiger partial charge in [0.2, 0.25) is 5.91 Å². The Morgan fingerprint density at radius 1 is 1.15 bits per heavy atom. The molecule has 0 aromatic heterocycles. The minimum atomic E-state index is -0.0178. The van der Waals surface area contributed by atoms with E-state index in [0.29, 0.717) is 6.42 Å². The number of carbonyl (C=O) groups is 1. The first-order valence-corrected chi connectivity index (χ1v) is 7.85. The minimum Gasteiger partial charge on any atom is -0.325 e. The van der Waals surface area contributed by atoms with Gasteiger partial charge in [0.05, 0.1) is 12.1 Å². The first-order valence-electron chi connectivity index (χ1n) is 6.27. The van der Waals surface area contributed by atoms with Crippen molar-refractivity contribution in [3.05, 3.63) is 62.0 Å². The smallest absolute Gasteiger partial charge is 0.228 e. The van der Waals surface area contributed by atoms with Gasteiger partial charge in [-0.05, 0) is 64.7 Å². The fraction of sp³-hybridized carbons (Fsp3) is 0.188. The van der Waals surface area contributed by atoms with Crippen LogP contribution < -0.4 is 5.32 Å². The van der Waals surface area contributed by atoms with Crippen LogP contribution in [0.4, 0.5) is 5.69 Å². The quantitative estimate of drug-likeness (QED) is 0.776. The molecule has 2 nitrogen and oxygen atoms in total. The zero-order chi connectivity index (χ0) is 14.7.